The van der Waals surface area contributed by atoms with E-state index >= 15 is 0 Å². The van der Waals surface area contributed by atoms with Crippen LogP contribution in [0.15, 0.2) is 0 Å². The number of aliphatic hydroxyl groups excluding tert-OH is 1. The molecule has 2 heteroatoms. The summed E-state index contributed by atoms with van der Waals surface area (Å²) in [6, 6.07) is 0. The second-order valence-corrected chi connectivity index (χ2v) is 2.70. The van der Waals surface area contributed by atoms with Gasteiger partial charge < -0.3 is 9.90 Å². The first-order chi connectivity index (χ1) is 4.72. The maximum absolute atomic E-state index is 10.1. The molecule has 1 N–H and O–H groups in total. The zero-order valence-corrected chi connectivity index (χ0v) is 6.71. The first kappa shape index (κ1) is 9.63. The minimum atomic E-state index is -0.433. The first-order valence-electron chi connectivity index (χ1n) is 3.85. The standard InChI is InChI=1S/C8H16O2/c1-3-4-5-8(10)7(2)6-9/h6-8,10H,3-5H2,1-2H3/t7-,8+/m1/s1. The second kappa shape index (κ2) is 5.42. The van der Waals surface area contributed by atoms with Gasteiger partial charge in [-0.05, 0) is 6.42 Å². The summed E-state index contributed by atoms with van der Waals surface area (Å²) in [4.78, 5) is 10.1. The molecule has 0 aliphatic rings. The van der Waals surface area contributed by atoms with Crippen LogP contribution in [0, 0.1) is 5.92 Å². The van der Waals surface area contributed by atoms with E-state index in [9.17, 15) is 9.90 Å². The lowest BCUT2D eigenvalue weighted by atomic mass is 10.0. The fourth-order valence-electron chi connectivity index (χ4n) is 0.767. The van der Waals surface area contributed by atoms with E-state index in [0.29, 0.717) is 0 Å². The molecule has 60 valence electrons. The summed E-state index contributed by atoms with van der Waals surface area (Å²) in [5, 5.41) is 9.22. The number of carbonyl (C=O) groups excluding carboxylic acids is 1. The van der Waals surface area contributed by atoms with Crippen LogP contribution in [0.5, 0.6) is 0 Å². The number of hydrogen-bond acceptors (Lipinski definition) is 2. The molecule has 2 nitrogen and oxygen atoms in total. The Morgan fingerprint density at radius 2 is 2.20 bits per heavy atom. The molecule has 0 fully saturated rings. The van der Waals surface area contributed by atoms with E-state index in [4.69, 9.17) is 0 Å². The lowest BCUT2D eigenvalue weighted by Crippen LogP contribution is -2.18. The maximum Gasteiger partial charge on any atom is 0.125 e. The monoisotopic (exact) mass is 144 g/mol. The smallest absolute Gasteiger partial charge is 0.125 e. The first-order valence-corrected chi connectivity index (χ1v) is 3.85. The topological polar surface area (TPSA) is 37.3 Å². The molecular weight excluding hydrogens is 128 g/mol. The Morgan fingerprint density at radius 3 is 2.60 bits per heavy atom. The SMILES string of the molecule is CCCC[C@H](O)[C@H](C)C=O. The Balaban J connectivity index is 3.40. The quantitative estimate of drug-likeness (QED) is 0.592. The van der Waals surface area contributed by atoms with Gasteiger partial charge in [0, 0.05) is 5.92 Å². The van der Waals surface area contributed by atoms with Gasteiger partial charge in [-0.1, -0.05) is 26.7 Å². The van der Waals surface area contributed by atoms with E-state index in [0.717, 1.165) is 25.5 Å². The van der Waals surface area contributed by atoms with Crippen LogP contribution >= 0.6 is 0 Å². The summed E-state index contributed by atoms with van der Waals surface area (Å²) in [7, 11) is 0. The highest BCUT2D eigenvalue weighted by Gasteiger charge is 2.11. The molecule has 0 aromatic rings. The number of aldehydes is 1. The van der Waals surface area contributed by atoms with Gasteiger partial charge in [0.2, 0.25) is 0 Å². The van der Waals surface area contributed by atoms with Crippen LogP contribution in [0.3, 0.4) is 0 Å². The predicted octanol–water partition coefficient (Wildman–Crippen LogP) is 1.37. The highest BCUT2D eigenvalue weighted by Crippen LogP contribution is 2.07. The van der Waals surface area contributed by atoms with E-state index in [-0.39, 0.29) is 5.92 Å². The Kier molecular flexibility index (Phi) is 5.22. The number of carbonyl (C=O) groups is 1. The Hall–Kier alpha value is -0.370. The molecule has 0 spiro atoms. The molecule has 0 aromatic heterocycles. The lowest BCUT2D eigenvalue weighted by Gasteiger charge is -2.11. The largest absolute Gasteiger partial charge is 0.392 e. The van der Waals surface area contributed by atoms with Crippen molar-refractivity contribution in [2.24, 2.45) is 5.92 Å². The normalized spacial score (nSPS) is 16.3. The molecule has 0 heterocycles. The zero-order chi connectivity index (χ0) is 7.98. The summed E-state index contributed by atoms with van der Waals surface area (Å²) in [6.07, 6.45) is 3.19. The van der Waals surface area contributed by atoms with Gasteiger partial charge >= 0.3 is 0 Å². The van der Waals surface area contributed by atoms with E-state index in [1.807, 2.05) is 0 Å². The summed E-state index contributed by atoms with van der Waals surface area (Å²) < 4.78 is 0. The number of aliphatic hydroxyl groups is 1. The summed E-state index contributed by atoms with van der Waals surface area (Å²) in [6.45, 7) is 3.81. The fourth-order valence-corrected chi connectivity index (χ4v) is 0.767. The molecule has 0 radical (unpaired) electrons. The van der Waals surface area contributed by atoms with Crippen LogP contribution in [0.25, 0.3) is 0 Å². The molecule has 0 aromatic carbocycles. The van der Waals surface area contributed by atoms with Crippen LogP contribution in [0.1, 0.15) is 33.1 Å². The van der Waals surface area contributed by atoms with Crippen LogP contribution in [0.4, 0.5) is 0 Å². The molecule has 10 heavy (non-hydrogen) atoms. The van der Waals surface area contributed by atoms with Crippen molar-refractivity contribution in [1.29, 1.82) is 0 Å². The molecule has 0 amide bonds. The summed E-state index contributed by atoms with van der Waals surface area (Å²) in [5.74, 6) is -0.202. The average Bonchev–Trinajstić information content (AvgIpc) is 1.98. The lowest BCUT2D eigenvalue weighted by molar-refractivity contribution is -0.113. The minimum Gasteiger partial charge on any atom is -0.392 e. The van der Waals surface area contributed by atoms with Gasteiger partial charge in [0.1, 0.15) is 6.29 Å². The van der Waals surface area contributed by atoms with Crippen LogP contribution in [-0.4, -0.2) is 17.5 Å². The Morgan fingerprint density at radius 1 is 1.60 bits per heavy atom. The Bertz CT molecular complexity index is 91.3. The molecule has 0 bridgehead atoms. The van der Waals surface area contributed by atoms with Gasteiger partial charge in [0.15, 0.2) is 0 Å². The van der Waals surface area contributed by atoms with Crippen molar-refractivity contribution < 1.29 is 9.90 Å². The maximum atomic E-state index is 10.1. The van der Waals surface area contributed by atoms with Crippen molar-refractivity contribution in [2.45, 2.75) is 39.2 Å². The van der Waals surface area contributed by atoms with Crippen LogP contribution < -0.4 is 0 Å². The van der Waals surface area contributed by atoms with Crippen molar-refractivity contribution >= 4 is 6.29 Å². The van der Waals surface area contributed by atoms with Crippen molar-refractivity contribution in [2.75, 3.05) is 0 Å². The van der Waals surface area contributed by atoms with Gasteiger partial charge in [-0.3, -0.25) is 0 Å². The number of rotatable bonds is 5. The number of unbranched alkanes of at least 4 members (excludes halogenated alkanes) is 1. The van der Waals surface area contributed by atoms with Crippen molar-refractivity contribution in [3.05, 3.63) is 0 Å². The highest BCUT2D eigenvalue weighted by atomic mass is 16.3. The molecule has 0 aliphatic carbocycles. The van der Waals surface area contributed by atoms with E-state index < -0.39 is 6.10 Å². The molecule has 0 rings (SSSR count). The third-order valence-electron chi connectivity index (χ3n) is 1.68. The Labute approximate surface area is 62.2 Å². The van der Waals surface area contributed by atoms with Crippen molar-refractivity contribution in [1.82, 2.24) is 0 Å². The highest BCUT2D eigenvalue weighted by molar-refractivity contribution is 5.53. The van der Waals surface area contributed by atoms with Crippen LogP contribution in [-0.2, 0) is 4.79 Å². The number of hydrogen-bond donors (Lipinski definition) is 1. The van der Waals surface area contributed by atoms with E-state index in [1.54, 1.807) is 6.92 Å². The third kappa shape index (κ3) is 3.62. The third-order valence-corrected chi connectivity index (χ3v) is 1.68. The zero-order valence-electron chi connectivity index (χ0n) is 6.71. The molecule has 0 aliphatic heterocycles. The van der Waals surface area contributed by atoms with Gasteiger partial charge in [-0.2, -0.15) is 0 Å². The van der Waals surface area contributed by atoms with Crippen LogP contribution in [0.2, 0.25) is 0 Å². The average molecular weight is 144 g/mol. The molecule has 2 atom stereocenters. The second-order valence-electron chi connectivity index (χ2n) is 2.70. The van der Waals surface area contributed by atoms with Gasteiger partial charge in [0.25, 0.3) is 0 Å². The minimum absolute atomic E-state index is 0.202. The van der Waals surface area contributed by atoms with Crippen molar-refractivity contribution in [3.8, 4) is 0 Å². The van der Waals surface area contributed by atoms with Crippen molar-refractivity contribution in [3.63, 3.8) is 0 Å². The molecule has 0 unspecified atom stereocenters. The summed E-state index contributed by atoms with van der Waals surface area (Å²) in [5.41, 5.74) is 0. The molecule has 0 saturated carbocycles. The van der Waals surface area contributed by atoms with E-state index in [2.05, 4.69) is 6.92 Å². The fraction of sp³-hybridized carbons (Fsp3) is 0.875. The summed E-state index contributed by atoms with van der Waals surface area (Å²) >= 11 is 0. The van der Waals surface area contributed by atoms with Gasteiger partial charge in [-0.25, -0.2) is 0 Å². The van der Waals surface area contributed by atoms with Gasteiger partial charge in [0.05, 0.1) is 6.10 Å². The molecule has 0 saturated heterocycles. The van der Waals surface area contributed by atoms with Gasteiger partial charge in [-0.15, -0.1) is 0 Å². The molecular formula is C8H16O2. The predicted molar refractivity (Wildman–Crippen MR) is 40.8 cm³/mol. The van der Waals surface area contributed by atoms with E-state index in [1.165, 1.54) is 0 Å².